The number of hydrogen-bond donors (Lipinski definition) is 1. The first-order valence-corrected chi connectivity index (χ1v) is 0. The summed E-state index contributed by atoms with van der Waals surface area (Å²) in [4.78, 5) is 0. The molecule has 0 aliphatic carbocycles. The molecule has 0 aliphatic heterocycles. The third kappa shape index (κ3) is 96.7. The molecule has 5 heteroatoms. The van der Waals surface area contributed by atoms with Crippen LogP contribution in [-0.4, -0.2) is 5.48 Å². The van der Waals surface area contributed by atoms with Gasteiger partial charge in [-0.05, 0) is 0 Å². The van der Waals surface area contributed by atoms with Crippen molar-refractivity contribution >= 4 is 0 Å². The van der Waals surface area contributed by atoms with E-state index in [1.54, 1.807) is 0 Å². The Morgan fingerprint density at radius 3 is 0.800 bits per heavy atom. The Balaban J connectivity index is 0. The zero-order valence-corrected chi connectivity index (χ0v) is 4.33. The SMILES string of the molecule is [NH4+].[O-2].[O-2].[OH-].[Ti+4]. The Bertz CT molecular complexity index is 6.85. The maximum absolute atomic E-state index is 0. The fraction of sp³-hybridized carbons (Fsp3) is 0. The second-order valence-electron chi connectivity index (χ2n) is 0. The molecular formula is H5NO3Ti. The Kier molecular flexibility index (Phi) is 14000. The van der Waals surface area contributed by atoms with Crippen molar-refractivity contribution in [1.82, 2.24) is 6.15 Å². The molecule has 0 atom stereocenters. The minimum Gasteiger partial charge on any atom is -2.00 e. The van der Waals surface area contributed by atoms with Gasteiger partial charge in [-0.25, -0.2) is 0 Å². The first kappa shape index (κ1) is 375. The first-order chi connectivity index (χ1) is 0. The minimum atomic E-state index is 0. The van der Waals surface area contributed by atoms with E-state index >= 15 is 0 Å². The van der Waals surface area contributed by atoms with Crippen LogP contribution in [0.3, 0.4) is 0 Å². The molecule has 0 spiro atoms. The standard InChI is InChI=1S/H3N.H2O.2O.Ti/h1H3;1H2;;;/q;;2*-2;+4. The molecule has 5 N–H and O–H groups in total. The van der Waals surface area contributed by atoms with E-state index < -0.39 is 0 Å². The third-order valence-corrected chi connectivity index (χ3v) is 0. The predicted molar refractivity (Wildman–Crippen MR) is 9.29 cm³/mol. The molecular weight excluding hydrogens is 110 g/mol. The molecule has 0 bridgehead atoms. The molecule has 5 heavy (non-hydrogen) atoms. The molecule has 0 aromatic heterocycles. The molecule has 0 aromatic rings. The van der Waals surface area contributed by atoms with Crippen molar-refractivity contribution in [1.29, 1.82) is 0 Å². The summed E-state index contributed by atoms with van der Waals surface area (Å²) < 4.78 is 0. The molecule has 0 radical (unpaired) electrons. The van der Waals surface area contributed by atoms with Gasteiger partial charge in [0.1, 0.15) is 0 Å². The molecule has 0 saturated carbocycles. The average molecular weight is 115 g/mol. The van der Waals surface area contributed by atoms with Gasteiger partial charge < -0.3 is 22.6 Å². The fourth-order valence-corrected chi connectivity index (χ4v) is 0. The van der Waals surface area contributed by atoms with E-state index in [0.29, 0.717) is 0 Å². The van der Waals surface area contributed by atoms with Crippen LogP contribution in [0.25, 0.3) is 0 Å². The monoisotopic (exact) mass is 115 g/mol. The van der Waals surface area contributed by atoms with Crippen LogP contribution in [0.2, 0.25) is 0 Å². The van der Waals surface area contributed by atoms with E-state index in [9.17, 15) is 0 Å². The summed E-state index contributed by atoms with van der Waals surface area (Å²) in [6.07, 6.45) is 0. The van der Waals surface area contributed by atoms with Gasteiger partial charge in [0.2, 0.25) is 0 Å². The molecule has 0 rings (SSSR count). The van der Waals surface area contributed by atoms with Crippen molar-refractivity contribution in [3.05, 3.63) is 0 Å². The van der Waals surface area contributed by atoms with Crippen molar-refractivity contribution in [2.24, 2.45) is 0 Å². The van der Waals surface area contributed by atoms with Gasteiger partial charge in [0, 0.05) is 0 Å². The fourth-order valence-electron chi connectivity index (χ4n) is 0. The molecule has 0 fully saturated rings. The smallest absolute Gasteiger partial charge is 2.00 e. The summed E-state index contributed by atoms with van der Waals surface area (Å²) in [6.45, 7) is 0. The molecule has 4 nitrogen and oxygen atoms in total. The topological polar surface area (TPSA) is 124 Å². The zero-order chi connectivity index (χ0) is 0. The van der Waals surface area contributed by atoms with E-state index in [2.05, 4.69) is 0 Å². The van der Waals surface area contributed by atoms with Gasteiger partial charge in [-0.2, -0.15) is 0 Å². The first-order valence-electron chi connectivity index (χ1n) is 0. The third-order valence-electron chi connectivity index (χ3n) is 0. The molecule has 0 heterocycles. The largest absolute Gasteiger partial charge is 4.00 e. The number of rotatable bonds is 0. The van der Waals surface area contributed by atoms with E-state index in [0.717, 1.165) is 0 Å². The average Bonchev–Trinajstić information content (AvgIpc) is 0. The van der Waals surface area contributed by atoms with Crippen molar-refractivity contribution in [2.45, 2.75) is 0 Å². The maximum Gasteiger partial charge on any atom is 4.00 e. The van der Waals surface area contributed by atoms with Crippen LogP contribution < -0.4 is 6.15 Å². The van der Waals surface area contributed by atoms with Crippen molar-refractivity contribution in [2.75, 3.05) is 0 Å². The van der Waals surface area contributed by atoms with Gasteiger partial charge in [-0.1, -0.05) is 0 Å². The predicted octanol–water partition coefficient (Wildman–Crippen LogP) is -0.0407. The van der Waals surface area contributed by atoms with E-state index in [4.69, 9.17) is 0 Å². The Hall–Kier alpha value is 0.554. The Morgan fingerprint density at radius 2 is 0.800 bits per heavy atom. The number of quaternary nitrogens is 1. The van der Waals surface area contributed by atoms with Gasteiger partial charge in [-0.3, -0.25) is 0 Å². The van der Waals surface area contributed by atoms with Gasteiger partial charge in [0.15, 0.2) is 0 Å². The molecule has 0 unspecified atom stereocenters. The second-order valence-corrected chi connectivity index (χ2v) is 0. The van der Waals surface area contributed by atoms with Gasteiger partial charge >= 0.3 is 21.7 Å². The Morgan fingerprint density at radius 1 is 0.800 bits per heavy atom. The van der Waals surface area contributed by atoms with E-state index in [-0.39, 0.29) is 44.3 Å². The molecule has 0 amide bonds. The van der Waals surface area contributed by atoms with E-state index in [1.165, 1.54) is 0 Å². The van der Waals surface area contributed by atoms with Crippen LogP contribution in [0.5, 0.6) is 0 Å². The quantitative estimate of drug-likeness (QED) is 0.437. The van der Waals surface area contributed by atoms with Crippen LogP contribution in [0.15, 0.2) is 0 Å². The van der Waals surface area contributed by atoms with Crippen LogP contribution in [0, 0.1) is 0 Å². The molecule has 0 aromatic carbocycles. The second kappa shape index (κ2) is 187. The van der Waals surface area contributed by atoms with Gasteiger partial charge in [-0.15, -0.1) is 0 Å². The number of hydrogen-bond acceptors (Lipinski definition) is 1. The minimum absolute atomic E-state index is 0. The summed E-state index contributed by atoms with van der Waals surface area (Å²) in [5.41, 5.74) is 0. The van der Waals surface area contributed by atoms with Crippen LogP contribution in [-0.2, 0) is 32.7 Å². The van der Waals surface area contributed by atoms with Crippen LogP contribution >= 0.6 is 0 Å². The summed E-state index contributed by atoms with van der Waals surface area (Å²) in [7, 11) is 0. The Labute approximate surface area is 45.0 Å². The molecule has 0 saturated heterocycles. The summed E-state index contributed by atoms with van der Waals surface area (Å²) in [6, 6.07) is 0. The van der Waals surface area contributed by atoms with Crippen LogP contribution in [0.1, 0.15) is 0 Å². The van der Waals surface area contributed by atoms with Crippen LogP contribution in [0.4, 0.5) is 0 Å². The molecule has 0 aliphatic rings. The molecule has 32 valence electrons. The van der Waals surface area contributed by atoms with Gasteiger partial charge in [0.25, 0.3) is 0 Å². The normalized spacial score (nSPS) is 0. The zero-order valence-electron chi connectivity index (χ0n) is 2.76. The summed E-state index contributed by atoms with van der Waals surface area (Å²) in [5, 5.41) is 0. The van der Waals surface area contributed by atoms with E-state index in [1.807, 2.05) is 0 Å². The van der Waals surface area contributed by atoms with Gasteiger partial charge in [0.05, 0.1) is 0 Å². The van der Waals surface area contributed by atoms with Crippen molar-refractivity contribution < 1.29 is 38.1 Å². The maximum atomic E-state index is 0. The van der Waals surface area contributed by atoms with Crippen molar-refractivity contribution in [3.8, 4) is 0 Å². The summed E-state index contributed by atoms with van der Waals surface area (Å²) >= 11 is 0. The summed E-state index contributed by atoms with van der Waals surface area (Å²) in [5.74, 6) is 0. The van der Waals surface area contributed by atoms with Crippen molar-refractivity contribution in [3.63, 3.8) is 0 Å².